The van der Waals surface area contributed by atoms with E-state index in [1.54, 1.807) is 12.1 Å². The standard InChI is InChI=1S/C27H38N6O5/c1-5-19-16-38-13-11-33(19)24-22-20(27(2,3)4)14-32(26(36)37)15-21(22)30-23(31-24)17-6-8-18(9-7-17)29-25(35)28-10-12-34/h6-9,19-20,34H,5,10-16H2,1-4H3,(H,36,37)(H2,28,29,35)/t19?,20-/m1/s1. The number of aliphatic hydroxyl groups is 1. The van der Waals surface area contributed by atoms with Gasteiger partial charge in [0.2, 0.25) is 0 Å². The van der Waals surface area contributed by atoms with Gasteiger partial charge in [0, 0.05) is 42.4 Å². The van der Waals surface area contributed by atoms with Crippen LogP contribution in [0.3, 0.4) is 0 Å². The van der Waals surface area contributed by atoms with E-state index in [9.17, 15) is 14.7 Å². The van der Waals surface area contributed by atoms with Crippen molar-refractivity contribution in [1.82, 2.24) is 20.2 Å². The second kappa shape index (κ2) is 11.5. The Morgan fingerprint density at radius 2 is 1.92 bits per heavy atom. The first-order valence-corrected chi connectivity index (χ1v) is 13.1. The molecule has 11 heteroatoms. The van der Waals surface area contributed by atoms with E-state index < -0.39 is 12.1 Å². The van der Waals surface area contributed by atoms with Crippen molar-refractivity contribution in [3.63, 3.8) is 0 Å². The van der Waals surface area contributed by atoms with E-state index >= 15 is 0 Å². The molecule has 0 radical (unpaired) electrons. The van der Waals surface area contributed by atoms with Crippen molar-refractivity contribution in [2.75, 3.05) is 49.7 Å². The van der Waals surface area contributed by atoms with Gasteiger partial charge in [-0.2, -0.15) is 0 Å². The van der Waals surface area contributed by atoms with Crippen molar-refractivity contribution in [3.05, 3.63) is 35.5 Å². The molecule has 1 aromatic heterocycles. The maximum absolute atomic E-state index is 12.1. The topological polar surface area (TPSA) is 140 Å². The van der Waals surface area contributed by atoms with Crippen LogP contribution in [0.5, 0.6) is 0 Å². The summed E-state index contributed by atoms with van der Waals surface area (Å²) in [5.74, 6) is 1.29. The number of anilines is 2. The fourth-order valence-corrected chi connectivity index (χ4v) is 5.06. The van der Waals surface area contributed by atoms with Crippen molar-refractivity contribution in [2.24, 2.45) is 5.41 Å². The molecule has 0 bridgehead atoms. The van der Waals surface area contributed by atoms with Gasteiger partial charge in [-0.25, -0.2) is 19.6 Å². The van der Waals surface area contributed by atoms with Crippen LogP contribution in [0.4, 0.5) is 21.1 Å². The summed E-state index contributed by atoms with van der Waals surface area (Å²) in [6.45, 7) is 11.1. The van der Waals surface area contributed by atoms with Crippen LogP contribution in [0.1, 0.15) is 51.3 Å². The Kier molecular flexibility index (Phi) is 8.37. The molecule has 3 heterocycles. The predicted molar refractivity (Wildman–Crippen MR) is 144 cm³/mol. The second-order valence-corrected chi connectivity index (χ2v) is 10.8. The number of morpholine rings is 1. The smallest absolute Gasteiger partial charge is 0.407 e. The molecule has 38 heavy (non-hydrogen) atoms. The minimum Gasteiger partial charge on any atom is -0.465 e. The lowest BCUT2D eigenvalue weighted by molar-refractivity contribution is 0.0918. The van der Waals surface area contributed by atoms with Crippen LogP contribution in [0.25, 0.3) is 11.4 Å². The molecule has 1 fully saturated rings. The average Bonchev–Trinajstić information content (AvgIpc) is 2.90. The lowest BCUT2D eigenvalue weighted by Crippen LogP contribution is -2.48. The molecular formula is C27H38N6O5. The van der Waals surface area contributed by atoms with E-state index in [0.29, 0.717) is 37.8 Å². The number of urea groups is 1. The van der Waals surface area contributed by atoms with Crippen LogP contribution in [0, 0.1) is 5.41 Å². The summed E-state index contributed by atoms with van der Waals surface area (Å²) in [6.07, 6.45) is -0.0619. The zero-order valence-electron chi connectivity index (χ0n) is 22.5. The van der Waals surface area contributed by atoms with Crippen molar-refractivity contribution in [1.29, 1.82) is 0 Å². The van der Waals surface area contributed by atoms with Crippen molar-refractivity contribution < 1.29 is 24.5 Å². The van der Waals surface area contributed by atoms with E-state index in [1.165, 1.54) is 4.90 Å². The zero-order valence-corrected chi connectivity index (χ0v) is 22.5. The molecule has 3 amide bonds. The van der Waals surface area contributed by atoms with Gasteiger partial charge in [0.1, 0.15) is 5.82 Å². The molecule has 1 unspecified atom stereocenters. The van der Waals surface area contributed by atoms with Crippen LogP contribution in [0.15, 0.2) is 24.3 Å². The maximum Gasteiger partial charge on any atom is 0.407 e. The Bertz CT molecular complexity index is 1150. The molecule has 1 saturated heterocycles. The van der Waals surface area contributed by atoms with Crippen LogP contribution < -0.4 is 15.5 Å². The fourth-order valence-electron chi connectivity index (χ4n) is 5.06. The van der Waals surface area contributed by atoms with Gasteiger partial charge in [0.15, 0.2) is 5.82 Å². The Morgan fingerprint density at radius 1 is 1.18 bits per heavy atom. The number of carbonyl (C=O) groups is 2. The summed E-state index contributed by atoms with van der Waals surface area (Å²) in [5.41, 5.74) is 2.90. The quantitative estimate of drug-likeness (QED) is 0.448. The molecule has 2 aromatic rings. The first-order chi connectivity index (χ1) is 18.1. The molecule has 2 atom stereocenters. The van der Waals surface area contributed by atoms with Crippen molar-refractivity contribution >= 4 is 23.6 Å². The number of carbonyl (C=O) groups excluding carboxylic acids is 1. The summed E-state index contributed by atoms with van der Waals surface area (Å²) >= 11 is 0. The Labute approximate surface area is 223 Å². The lowest BCUT2D eigenvalue weighted by Gasteiger charge is -2.44. The number of nitrogens with zero attached hydrogens (tertiary/aromatic N) is 4. The number of rotatable bonds is 6. The summed E-state index contributed by atoms with van der Waals surface area (Å²) in [4.78, 5) is 37.8. The van der Waals surface area contributed by atoms with E-state index in [-0.39, 0.29) is 37.1 Å². The van der Waals surface area contributed by atoms with Crippen molar-refractivity contribution in [3.8, 4) is 11.4 Å². The van der Waals surface area contributed by atoms with E-state index in [0.717, 1.165) is 29.1 Å². The SMILES string of the molecule is CCC1COCCN1c1nc(-c2ccc(NC(=O)NCCO)cc2)nc2c1[C@H](C(C)(C)C)CN(C(=O)O)C2. The summed E-state index contributed by atoms with van der Waals surface area (Å²) in [7, 11) is 0. The van der Waals surface area contributed by atoms with Gasteiger partial charge < -0.3 is 35.4 Å². The van der Waals surface area contributed by atoms with Gasteiger partial charge in [0.25, 0.3) is 0 Å². The largest absolute Gasteiger partial charge is 0.465 e. The number of benzene rings is 1. The van der Waals surface area contributed by atoms with Gasteiger partial charge in [-0.1, -0.05) is 27.7 Å². The van der Waals surface area contributed by atoms with Gasteiger partial charge in [-0.15, -0.1) is 0 Å². The highest BCUT2D eigenvalue weighted by molar-refractivity contribution is 5.89. The molecule has 1 aromatic carbocycles. The van der Waals surface area contributed by atoms with Crippen LogP contribution >= 0.6 is 0 Å². The predicted octanol–water partition coefficient (Wildman–Crippen LogP) is 3.50. The Morgan fingerprint density at radius 3 is 2.55 bits per heavy atom. The molecule has 2 aliphatic rings. The molecule has 2 aliphatic heterocycles. The number of aromatic nitrogens is 2. The summed E-state index contributed by atoms with van der Waals surface area (Å²) in [6, 6.07) is 6.96. The molecule has 4 N–H and O–H groups in total. The van der Waals surface area contributed by atoms with E-state index in [4.69, 9.17) is 19.8 Å². The highest BCUT2D eigenvalue weighted by Crippen LogP contribution is 2.45. The monoisotopic (exact) mass is 526 g/mol. The molecule has 0 saturated carbocycles. The Balaban J connectivity index is 1.78. The minimum absolute atomic E-state index is 0.0734. The number of hydrogen-bond acceptors (Lipinski definition) is 7. The normalized spacial score (nSPS) is 19.6. The van der Waals surface area contributed by atoms with Crippen LogP contribution in [-0.2, 0) is 11.3 Å². The molecule has 0 aliphatic carbocycles. The van der Waals surface area contributed by atoms with Gasteiger partial charge in [-0.05, 0) is 36.1 Å². The third-order valence-electron chi connectivity index (χ3n) is 7.18. The van der Waals surface area contributed by atoms with Gasteiger partial charge in [-0.3, -0.25) is 0 Å². The number of carboxylic acid groups (broad SMARTS) is 1. The second-order valence-electron chi connectivity index (χ2n) is 10.8. The lowest BCUT2D eigenvalue weighted by atomic mass is 9.74. The molecular weight excluding hydrogens is 488 g/mol. The van der Waals surface area contributed by atoms with Crippen LogP contribution in [0.2, 0.25) is 0 Å². The van der Waals surface area contributed by atoms with Crippen molar-refractivity contribution in [2.45, 2.75) is 52.6 Å². The number of ether oxygens (including phenoxy) is 1. The van der Waals surface area contributed by atoms with Crippen LogP contribution in [-0.4, -0.2) is 82.7 Å². The highest BCUT2D eigenvalue weighted by atomic mass is 16.5. The first-order valence-electron chi connectivity index (χ1n) is 13.1. The highest BCUT2D eigenvalue weighted by Gasteiger charge is 2.41. The Hall–Kier alpha value is -3.44. The molecule has 206 valence electrons. The maximum atomic E-state index is 12.1. The fraction of sp³-hybridized carbons (Fsp3) is 0.556. The minimum atomic E-state index is -0.959. The van der Waals surface area contributed by atoms with E-state index in [2.05, 4.69) is 43.2 Å². The number of nitrogens with one attached hydrogen (secondary N) is 2. The number of fused-ring (bicyclic) bond motifs is 1. The molecule has 4 rings (SSSR count). The van der Waals surface area contributed by atoms with Gasteiger partial charge >= 0.3 is 12.1 Å². The third-order valence-corrected chi connectivity index (χ3v) is 7.18. The number of aliphatic hydroxyl groups excluding tert-OH is 1. The molecule has 11 nitrogen and oxygen atoms in total. The first kappa shape index (κ1) is 27.6. The summed E-state index contributed by atoms with van der Waals surface area (Å²) in [5, 5.41) is 24.0. The third kappa shape index (κ3) is 5.99. The van der Waals surface area contributed by atoms with Gasteiger partial charge in [0.05, 0.1) is 38.1 Å². The summed E-state index contributed by atoms with van der Waals surface area (Å²) < 4.78 is 5.77. The van der Waals surface area contributed by atoms with E-state index in [1.807, 2.05) is 12.1 Å². The number of hydrogen-bond donors (Lipinski definition) is 4. The molecule has 0 spiro atoms. The zero-order chi connectivity index (χ0) is 27.4. The average molecular weight is 527 g/mol. The number of amides is 3.